The highest BCUT2D eigenvalue weighted by atomic mass is 16.6. The third-order valence-electron chi connectivity index (χ3n) is 3.60. The van der Waals surface area contributed by atoms with E-state index < -0.39 is 16.4 Å². The smallest absolute Gasteiger partial charge is 0.385 e. The van der Waals surface area contributed by atoms with Crippen LogP contribution in [0.2, 0.25) is 0 Å². The van der Waals surface area contributed by atoms with Crippen LogP contribution in [-0.2, 0) is 9.53 Å². The molecule has 0 heterocycles. The molecule has 2 saturated carbocycles. The third kappa shape index (κ3) is 0.923. The molecule has 2 aliphatic carbocycles. The molecule has 14 heavy (non-hydrogen) atoms. The summed E-state index contributed by atoms with van der Waals surface area (Å²) in [6, 6.07) is 0. The van der Waals surface area contributed by atoms with E-state index in [1.54, 1.807) is 0 Å². The van der Waals surface area contributed by atoms with Crippen molar-refractivity contribution in [3.8, 4) is 0 Å². The molecule has 0 aliphatic heterocycles. The van der Waals surface area contributed by atoms with Crippen LogP contribution < -0.4 is 0 Å². The number of hydrogen-bond acceptors (Lipinski definition) is 4. The van der Waals surface area contributed by atoms with Crippen LogP contribution in [0.1, 0.15) is 25.7 Å². The number of nitrogens with zero attached hydrogens (tertiary/aromatic N) is 1. The van der Waals surface area contributed by atoms with Crippen molar-refractivity contribution >= 4 is 5.97 Å². The lowest BCUT2D eigenvalue weighted by Crippen LogP contribution is -2.36. The van der Waals surface area contributed by atoms with Crippen molar-refractivity contribution < 1.29 is 14.5 Å². The molecule has 0 aromatic rings. The second-order valence-corrected chi connectivity index (χ2v) is 4.07. The molecule has 0 bridgehead atoms. The van der Waals surface area contributed by atoms with Crippen molar-refractivity contribution in [1.29, 1.82) is 0 Å². The molecule has 0 aromatic heterocycles. The first-order valence-corrected chi connectivity index (χ1v) is 4.88. The summed E-state index contributed by atoms with van der Waals surface area (Å²) in [5, 5.41) is 11.0. The Hall–Kier alpha value is -1.13. The van der Waals surface area contributed by atoms with Gasteiger partial charge in [0, 0.05) is 4.92 Å². The summed E-state index contributed by atoms with van der Waals surface area (Å²) in [5.41, 5.74) is -1.38. The van der Waals surface area contributed by atoms with Gasteiger partial charge in [0.05, 0.1) is 18.9 Å². The lowest BCUT2D eigenvalue weighted by Gasteiger charge is -2.05. The fraction of sp³-hybridized carbons (Fsp3) is 0.889. The van der Waals surface area contributed by atoms with Crippen LogP contribution in [0.15, 0.2) is 0 Å². The second kappa shape index (κ2) is 2.93. The maximum atomic E-state index is 11.4. The number of methoxy groups -OCH3 is 1. The van der Waals surface area contributed by atoms with Gasteiger partial charge in [-0.3, -0.25) is 10.1 Å². The highest BCUT2D eigenvalue weighted by Crippen LogP contribution is 2.60. The van der Waals surface area contributed by atoms with Crippen LogP contribution in [0.4, 0.5) is 0 Å². The van der Waals surface area contributed by atoms with Crippen molar-refractivity contribution in [3.05, 3.63) is 10.1 Å². The van der Waals surface area contributed by atoms with Crippen molar-refractivity contribution in [3.63, 3.8) is 0 Å². The Balaban J connectivity index is 2.26. The van der Waals surface area contributed by atoms with E-state index in [1.165, 1.54) is 7.11 Å². The average molecular weight is 199 g/mol. The van der Waals surface area contributed by atoms with Gasteiger partial charge in [-0.25, -0.2) is 4.79 Å². The quantitative estimate of drug-likeness (QED) is 0.378. The maximum Gasteiger partial charge on any atom is 0.385 e. The first-order chi connectivity index (χ1) is 6.65. The Kier molecular flexibility index (Phi) is 1.97. The third-order valence-corrected chi connectivity index (χ3v) is 3.60. The van der Waals surface area contributed by atoms with E-state index in [9.17, 15) is 14.9 Å². The van der Waals surface area contributed by atoms with Gasteiger partial charge >= 0.3 is 11.5 Å². The highest BCUT2D eigenvalue weighted by Gasteiger charge is 2.81. The van der Waals surface area contributed by atoms with Crippen molar-refractivity contribution in [2.24, 2.45) is 11.8 Å². The molecular weight excluding hydrogens is 186 g/mol. The molecular formula is C9H13NO4. The van der Waals surface area contributed by atoms with Crippen LogP contribution >= 0.6 is 0 Å². The molecule has 0 amide bonds. The summed E-state index contributed by atoms with van der Waals surface area (Å²) < 4.78 is 4.55. The minimum Gasteiger partial charge on any atom is -0.464 e. The molecule has 0 N–H and O–H groups in total. The predicted molar refractivity (Wildman–Crippen MR) is 47.2 cm³/mol. The summed E-state index contributed by atoms with van der Waals surface area (Å²) in [7, 11) is 1.22. The van der Waals surface area contributed by atoms with E-state index in [0.29, 0.717) is 0 Å². The van der Waals surface area contributed by atoms with Crippen LogP contribution in [0.5, 0.6) is 0 Å². The summed E-state index contributed by atoms with van der Waals surface area (Å²) in [6.45, 7) is 0. The Bertz CT molecular complexity index is 277. The normalized spacial score (nSPS) is 39.8. The molecule has 2 aliphatic rings. The maximum absolute atomic E-state index is 11.4. The van der Waals surface area contributed by atoms with E-state index in [-0.39, 0.29) is 11.8 Å². The monoisotopic (exact) mass is 199 g/mol. The molecule has 0 saturated heterocycles. The SMILES string of the molecule is COC(=O)C1([N+](=O)[O-])C2CCCCC21. The first kappa shape index (κ1) is 9.43. The summed E-state index contributed by atoms with van der Waals surface area (Å²) >= 11 is 0. The van der Waals surface area contributed by atoms with Gasteiger partial charge in [0.2, 0.25) is 0 Å². The fourth-order valence-electron chi connectivity index (χ4n) is 2.90. The zero-order chi connectivity index (χ0) is 10.3. The van der Waals surface area contributed by atoms with E-state index in [2.05, 4.69) is 4.74 Å². The molecule has 2 unspecified atom stereocenters. The molecule has 0 aromatic carbocycles. The van der Waals surface area contributed by atoms with Crippen LogP contribution in [0, 0.1) is 22.0 Å². The number of carbonyl (C=O) groups is 1. The lowest BCUT2D eigenvalue weighted by molar-refractivity contribution is -0.532. The number of fused-ring (bicyclic) bond motifs is 1. The van der Waals surface area contributed by atoms with Gasteiger partial charge in [-0.2, -0.15) is 0 Å². The Labute approximate surface area is 81.6 Å². The zero-order valence-electron chi connectivity index (χ0n) is 8.06. The van der Waals surface area contributed by atoms with Crippen LogP contribution in [0.3, 0.4) is 0 Å². The Morgan fingerprint density at radius 2 is 1.93 bits per heavy atom. The highest BCUT2D eigenvalue weighted by molar-refractivity contribution is 5.84. The van der Waals surface area contributed by atoms with E-state index in [4.69, 9.17) is 0 Å². The molecule has 78 valence electrons. The molecule has 2 rings (SSSR count). The minimum atomic E-state index is -1.38. The largest absolute Gasteiger partial charge is 0.464 e. The van der Waals surface area contributed by atoms with Gasteiger partial charge in [-0.1, -0.05) is 12.8 Å². The van der Waals surface area contributed by atoms with Gasteiger partial charge in [-0.05, 0) is 12.8 Å². The number of rotatable bonds is 2. The van der Waals surface area contributed by atoms with Crippen molar-refractivity contribution in [2.75, 3.05) is 7.11 Å². The van der Waals surface area contributed by atoms with E-state index in [1.807, 2.05) is 0 Å². The van der Waals surface area contributed by atoms with Crippen LogP contribution in [-0.4, -0.2) is 23.5 Å². The number of carbonyl (C=O) groups excluding carboxylic acids is 1. The van der Waals surface area contributed by atoms with Crippen molar-refractivity contribution in [2.45, 2.75) is 31.2 Å². The minimum absolute atomic E-state index is 0.0706. The van der Waals surface area contributed by atoms with Gasteiger partial charge in [0.15, 0.2) is 0 Å². The number of esters is 1. The van der Waals surface area contributed by atoms with Gasteiger partial charge in [0.25, 0.3) is 0 Å². The summed E-state index contributed by atoms with van der Waals surface area (Å²) in [4.78, 5) is 22.0. The second-order valence-electron chi connectivity index (χ2n) is 4.07. The van der Waals surface area contributed by atoms with Gasteiger partial charge in [-0.15, -0.1) is 0 Å². The van der Waals surface area contributed by atoms with E-state index in [0.717, 1.165) is 25.7 Å². The summed E-state index contributed by atoms with van der Waals surface area (Å²) in [5.74, 6) is -0.795. The molecule has 0 radical (unpaired) electrons. The molecule has 2 atom stereocenters. The fourth-order valence-corrected chi connectivity index (χ4v) is 2.90. The van der Waals surface area contributed by atoms with Crippen molar-refractivity contribution in [1.82, 2.24) is 0 Å². The molecule has 0 spiro atoms. The standard InChI is InChI=1S/C9H13NO4/c1-14-8(11)9(10(12)13)6-4-2-3-5-7(6)9/h6-7H,2-5H2,1H3. The molecule has 5 nitrogen and oxygen atoms in total. The number of nitro groups is 1. The van der Waals surface area contributed by atoms with Gasteiger partial charge in [0.1, 0.15) is 0 Å². The number of hydrogen-bond donors (Lipinski definition) is 0. The predicted octanol–water partition coefficient (Wildman–Crippen LogP) is 0.995. The lowest BCUT2D eigenvalue weighted by atomic mass is 10.0. The Morgan fingerprint density at radius 3 is 2.29 bits per heavy atom. The van der Waals surface area contributed by atoms with Gasteiger partial charge < -0.3 is 4.74 Å². The summed E-state index contributed by atoms with van der Waals surface area (Å²) in [6.07, 6.45) is 3.57. The Morgan fingerprint density at radius 1 is 1.43 bits per heavy atom. The number of ether oxygens (including phenoxy) is 1. The van der Waals surface area contributed by atoms with Crippen LogP contribution in [0.25, 0.3) is 0 Å². The topological polar surface area (TPSA) is 69.4 Å². The molecule has 2 fully saturated rings. The first-order valence-electron chi connectivity index (χ1n) is 4.88. The molecule has 5 heteroatoms. The van der Waals surface area contributed by atoms with E-state index >= 15 is 0 Å². The average Bonchev–Trinajstić information content (AvgIpc) is 2.87. The zero-order valence-corrected chi connectivity index (χ0v) is 8.06.